The van der Waals surface area contributed by atoms with Crippen LogP contribution in [0.5, 0.6) is 0 Å². The van der Waals surface area contributed by atoms with E-state index in [4.69, 9.17) is 29.9 Å². The van der Waals surface area contributed by atoms with Crippen molar-refractivity contribution in [2.24, 2.45) is 0 Å². The Labute approximate surface area is 617 Å². The second kappa shape index (κ2) is 43.8. The third-order valence-electron chi connectivity index (χ3n) is 18.2. The molecule has 0 atom stereocenters. The van der Waals surface area contributed by atoms with Crippen LogP contribution in [0.25, 0.3) is 89.7 Å². The van der Waals surface area contributed by atoms with Crippen molar-refractivity contribution in [3.05, 3.63) is 48.5 Å². The smallest absolute Gasteiger partial charge is 0.164 e. The summed E-state index contributed by atoms with van der Waals surface area (Å²) in [4.78, 5) is 52.8. The van der Waals surface area contributed by atoms with Gasteiger partial charge in [-0.05, 0) is 152 Å². The Bertz CT molecular complexity index is 3700. The van der Waals surface area contributed by atoms with E-state index in [0.29, 0.717) is 23.3 Å². The van der Waals surface area contributed by atoms with Gasteiger partial charge in [0.05, 0.1) is 0 Å². The molecule has 2 aliphatic rings. The number of hydrogen-bond acceptors (Lipinski definition) is 15. The Morgan fingerprint density at radius 3 is 0.619 bits per heavy atom. The second-order valence-corrected chi connectivity index (χ2v) is 35.4. The summed E-state index contributed by atoms with van der Waals surface area (Å²) < 4.78 is 0. The van der Waals surface area contributed by atoms with Gasteiger partial charge in [-0.25, -0.2) is 29.9 Å². The number of hydrogen-bond donors (Lipinski definition) is 3. The summed E-state index contributed by atoms with van der Waals surface area (Å²) in [5.74, 6) is 11.2. The maximum Gasteiger partial charge on any atom is 0.164 e. The van der Waals surface area contributed by atoms with Gasteiger partial charge in [0.25, 0.3) is 0 Å². The Balaban J connectivity index is 1.36. The first-order valence-electron chi connectivity index (χ1n) is 38.0. The topological polar surface area (TPSA) is 129 Å². The number of fused-ring (bicyclic) bond motifs is 20. The van der Waals surface area contributed by atoms with E-state index >= 15 is 0 Å². The van der Waals surface area contributed by atoms with E-state index in [9.17, 15) is 5.11 Å². The van der Waals surface area contributed by atoms with Crippen molar-refractivity contribution in [1.82, 2.24) is 39.9 Å². The molecule has 5 heterocycles. The number of aromatic nitrogens is 8. The molecule has 9 nitrogen and oxygen atoms in total. The lowest BCUT2D eigenvalue weighted by Crippen LogP contribution is -1.91. The minimum atomic E-state index is 0.254. The molecular weight excluding hydrogens is 1350 g/mol. The maximum atomic E-state index is 9.63. The van der Waals surface area contributed by atoms with E-state index < -0.39 is 0 Å². The van der Waals surface area contributed by atoms with E-state index in [2.05, 4.69) is 107 Å². The van der Waals surface area contributed by atoms with Crippen molar-refractivity contribution in [2.75, 3.05) is 52.6 Å². The monoisotopic (exact) mass is 1460 g/mol. The van der Waals surface area contributed by atoms with E-state index in [1.165, 1.54) is 219 Å². The van der Waals surface area contributed by atoms with Crippen LogP contribution in [0, 0.1) is 0 Å². The molecule has 9 rings (SSSR count). The van der Waals surface area contributed by atoms with Crippen LogP contribution in [0.4, 0.5) is 0 Å². The molecule has 8 bridgehead atoms. The Kier molecular flexibility index (Phi) is 35.3. The van der Waals surface area contributed by atoms with E-state index in [1.807, 2.05) is 94.1 Å². The highest BCUT2D eigenvalue weighted by Crippen LogP contribution is 2.47. The molecular formula is C80H114N8OS8. The van der Waals surface area contributed by atoms with Crippen LogP contribution in [-0.4, -0.2) is 97.6 Å². The van der Waals surface area contributed by atoms with Gasteiger partial charge in [0.2, 0.25) is 0 Å². The largest absolute Gasteiger partial charge is 0.396 e. The fourth-order valence-corrected chi connectivity index (χ4v) is 21.6. The van der Waals surface area contributed by atoms with Crippen LogP contribution < -0.4 is 0 Å². The number of aliphatic hydroxyl groups is 1. The van der Waals surface area contributed by atoms with Crippen molar-refractivity contribution in [3.8, 4) is 45.6 Å². The molecule has 0 unspecified atom stereocenters. The minimum absolute atomic E-state index is 0.254. The van der Waals surface area contributed by atoms with Gasteiger partial charge in [0, 0.05) is 89.6 Å². The number of nitrogens with zero attached hydrogens (tertiary/aromatic N) is 6. The van der Waals surface area contributed by atoms with Crippen LogP contribution in [-0.2, 0) is 0 Å². The molecule has 0 aliphatic carbocycles. The number of nitrogens with one attached hydrogen (secondary N) is 2. The number of rotatable bonds is 49. The fraction of sp³-hybridized carbons (Fsp3) is 0.600. The number of aromatic amines is 2. The normalized spacial score (nSPS) is 12.1. The average Bonchev–Trinajstić information content (AvgIpc) is 1.60. The number of H-pyrrole nitrogens is 2. The summed E-state index contributed by atoms with van der Waals surface area (Å²) in [6.07, 6.45) is 38.6. The van der Waals surface area contributed by atoms with Crippen LogP contribution in [0.15, 0.2) is 87.7 Å². The lowest BCUT2D eigenvalue weighted by molar-refractivity contribution is 0.283. The molecule has 0 radical (unpaired) electrons. The first-order chi connectivity index (χ1) is 47.8. The molecule has 0 fully saturated rings. The standard InChI is InChI=1S/C80H114N8OS8/c1-8-15-22-32-41-90-65-49-57-58(50-66(65)91-42-33-23-16-9-2)74-81-73(57)82-75-59-51-67(92-43-34-24-17-10-3)68(93-44-35-25-18-11-4)52-60(59)77(84-75)86-79-63-55-71(96-47-38-28-21-14-7)72(97-48-39-30-29-31-40-89)56-64(63)80(88-79)87-78-62-54-70(95-46-37-27-20-13-6)69(94-45-36-26-19-12-5)53-61(62)76(83-74)85-78/h49-56,89H,8-48H2,1-7H3,(H2,81,82,83,84,85,86,87,88). The van der Waals surface area contributed by atoms with Crippen LogP contribution in [0.3, 0.4) is 0 Å². The van der Waals surface area contributed by atoms with Crippen molar-refractivity contribution in [1.29, 1.82) is 0 Å². The summed E-state index contributed by atoms with van der Waals surface area (Å²) in [5.41, 5.74) is 7.10. The highest BCUT2D eigenvalue weighted by atomic mass is 32.2. The molecule has 97 heavy (non-hydrogen) atoms. The van der Waals surface area contributed by atoms with E-state index in [0.717, 1.165) is 138 Å². The van der Waals surface area contributed by atoms with Gasteiger partial charge < -0.3 is 15.1 Å². The van der Waals surface area contributed by atoms with Crippen molar-refractivity contribution in [2.45, 2.75) is 293 Å². The fourth-order valence-electron chi connectivity index (χ4n) is 12.4. The maximum absolute atomic E-state index is 9.63. The number of thioether (sulfide) groups is 8. The van der Waals surface area contributed by atoms with Crippen LogP contribution in [0.2, 0.25) is 0 Å². The molecule has 7 aromatic rings. The van der Waals surface area contributed by atoms with E-state index in [-0.39, 0.29) is 6.61 Å². The van der Waals surface area contributed by atoms with Crippen molar-refractivity contribution >= 4 is 138 Å². The van der Waals surface area contributed by atoms with Gasteiger partial charge >= 0.3 is 0 Å². The number of benzene rings is 4. The highest BCUT2D eigenvalue weighted by molar-refractivity contribution is 8.03. The zero-order valence-corrected chi connectivity index (χ0v) is 66.5. The van der Waals surface area contributed by atoms with Gasteiger partial charge in [0.15, 0.2) is 23.3 Å². The highest BCUT2D eigenvalue weighted by Gasteiger charge is 2.27. The SMILES string of the molecule is CCCCCCSc1cc2c(cc1SCCCCCC)-c1nc-2nc2[nH]c(nc3nc(nc4[nH]c(n1)c1cc(SCCCCCC)c(SCCCCCC)cc41)-c1cc(SCCCCCCO)c(SCCCCCC)cc1-3)c1cc(SCCCCCC)c(SCCCCCC)cc21. The Morgan fingerprint density at radius 1 is 0.237 bits per heavy atom. The molecule has 17 heteroatoms. The van der Waals surface area contributed by atoms with Gasteiger partial charge in [-0.1, -0.05) is 196 Å². The molecule has 3 aromatic heterocycles. The van der Waals surface area contributed by atoms with Gasteiger partial charge in [0.1, 0.15) is 22.6 Å². The molecule has 2 aliphatic heterocycles. The first kappa shape index (κ1) is 78.1. The number of unbranched alkanes of at least 4 members (excludes halogenated alkanes) is 24. The minimum Gasteiger partial charge on any atom is -0.396 e. The molecule has 0 spiro atoms. The zero-order chi connectivity index (χ0) is 67.8. The van der Waals surface area contributed by atoms with Crippen LogP contribution >= 0.6 is 94.1 Å². The lowest BCUT2D eigenvalue weighted by Gasteiger charge is -2.12. The summed E-state index contributed by atoms with van der Waals surface area (Å²) >= 11 is 16.0. The summed E-state index contributed by atoms with van der Waals surface area (Å²) in [6, 6.07) is 19.3. The average molecular weight is 1460 g/mol. The van der Waals surface area contributed by atoms with Crippen molar-refractivity contribution < 1.29 is 5.11 Å². The molecule has 0 saturated carbocycles. The Morgan fingerprint density at radius 2 is 0.423 bits per heavy atom. The predicted octanol–water partition coefficient (Wildman–Crippen LogP) is 27.2. The third kappa shape index (κ3) is 23.2. The number of aliphatic hydroxyl groups excluding tert-OH is 1. The first-order valence-corrected chi connectivity index (χ1v) is 45.9. The van der Waals surface area contributed by atoms with E-state index in [1.54, 1.807) is 0 Å². The lowest BCUT2D eigenvalue weighted by atomic mass is 10.1. The van der Waals surface area contributed by atoms with Gasteiger partial charge in [-0.2, -0.15) is 0 Å². The molecule has 528 valence electrons. The van der Waals surface area contributed by atoms with Crippen molar-refractivity contribution in [3.63, 3.8) is 0 Å². The molecule has 0 amide bonds. The second-order valence-electron chi connectivity index (χ2n) is 26.3. The Hall–Kier alpha value is -3.00. The summed E-state index contributed by atoms with van der Waals surface area (Å²) in [5, 5.41) is 13.8. The van der Waals surface area contributed by atoms with Crippen LogP contribution in [0.1, 0.15) is 254 Å². The quantitative estimate of drug-likeness (QED) is 0.0247. The molecule has 4 aromatic carbocycles. The third-order valence-corrected chi connectivity index (χ3v) is 27.8. The predicted molar refractivity (Wildman–Crippen MR) is 436 cm³/mol. The van der Waals surface area contributed by atoms with Gasteiger partial charge in [-0.3, -0.25) is 0 Å². The summed E-state index contributed by atoms with van der Waals surface area (Å²) in [7, 11) is 0. The molecule has 0 saturated heterocycles. The van der Waals surface area contributed by atoms with Gasteiger partial charge in [-0.15, -0.1) is 94.1 Å². The zero-order valence-electron chi connectivity index (χ0n) is 60.0. The molecule has 3 N–H and O–H groups in total. The summed E-state index contributed by atoms with van der Waals surface area (Å²) in [6.45, 7) is 16.4.